The molecular weight excluding hydrogens is 176 g/mol. The van der Waals surface area contributed by atoms with Crippen molar-refractivity contribution in [1.82, 2.24) is 0 Å². The van der Waals surface area contributed by atoms with Crippen LogP contribution >= 0.6 is 11.6 Å². The fourth-order valence-electron chi connectivity index (χ4n) is 0.785. The average Bonchev–Trinajstić information content (AvgIpc) is 2.07. The third kappa shape index (κ3) is 3.98. The molecule has 0 saturated heterocycles. The smallest absolute Gasteiger partial charge is 0.208 e. The molecule has 66 valence electrons. The Morgan fingerprint density at radius 2 is 1.92 bits per heavy atom. The molecule has 0 radical (unpaired) electrons. The van der Waals surface area contributed by atoms with Gasteiger partial charge in [-0.15, -0.1) is 0 Å². The molecule has 2 nitrogen and oxygen atoms in total. The van der Waals surface area contributed by atoms with Crippen molar-refractivity contribution in [3.63, 3.8) is 0 Å². The Morgan fingerprint density at radius 1 is 1.42 bits per heavy atom. The number of hydrogen-bond acceptors (Lipinski definition) is 2. The van der Waals surface area contributed by atoms with Crippen LogP contribution in [0.4, 0.5) is 0 Å². The quantitative estimate of drug-likeness (QED) is 0.498. The predicted octanol–water partition coefficient (Wildman–Crippen LogP) is 2.42. The van der Waals surface area contributed by atoms with Crippen LogP contribution in [0.2, 0.25) is 0 Å². The Morgan fingerprint density at radius 3 is 2.25 bits per heavy atom. The summed E-state index contributed by atoms with van der Waals surface area (Å²) in [6.07, 6.45) is 0. The first-order valence-electron chi connectivity index (χ1n) is 3.39. The van der Waals surface area contributed by atoms with Crippen molar-refractivity contribution in [2.24, 2.45) is 0 Å². The largest absolute Gasteiger partial charge is 0.496 e. The lowest BCUT2D eigenvalue weighted by Crippen LogP contribution is -1.84. The third-order valence-corrected chi connectivity index (χ3v) is 1.31. The second-order valence-electron chi connectivity index (χ2n) is 2.06. The molecular formula is C9H11ClO2. The van der Waals surface area contributed by atoms with Gasteiger partial charge in [-0.25, -0.2) is 0 Å². The monoisotopic (exact) mass is 186 g/mol. The zero-order chi connectivity index (χ0) is 9.40. The lowest BCUT2D eigenvalue weighted by molar-refractivity contribution is 0.411. The van der Waals surface area contributed by atoms with Gasteiger partial charge < -0.3 is 4.74 Å². The zero-order valence-corrected chi connectivity index (χ0v) is 7.84. The van der Waals surface area contributed by atoms with E-state index >= 15 is 0 Å². The minimum atomic E-state index is 0.222. The van der Waals surface area contributed by atoms with Crippen LogP contribution in [-0.4, -0.2) is 12.9 Å². The highest BCUT2D eigenvalue weighted by Gasteiger charge is 1.90. The fraction of sp³-hybridized carbons (Fsp3) is 0.222. The van der Waals surface area contributed by atoms with E-state index in [0.717, 1.165) is 5.75 Å². The van der Waals surface area contributed by atoms with E-state index in [-0.39, 0.29) is 5.75 Å². The summed E-state index contributed by atoms with van der Waals surface area (Å²) < 4.78 is 5.04. The van der Waals surface area contributed by atoms with Gasteiger partial charge in [0.15, 0.2) is 0 Å². The van der Waals surface area contributed by atoms with Crippen molar-refractivity contribution < 1.29 is 9.53 Å². The second kappa shape index (κ2) is 6.68. The average molecular weight is 187 g/mol. The third-order valence-electron chi connectivity index (χ3n) is 1.31. The molecule has 0 aliphatic heterocycles. The summed E-state index contributed by atoms with van der Waals surface area (Å²) in [6.45, 7) is 2.03. The highest BCUT2D eigenvalue weighted by molar-refractivity contribution is 6.54. The van der Waals surface area contributed by atoms with E-state index in [0.29, 0.717) is 0 Å². The van der Waals surface area contributed by atoms with Crippen LogP contribution in [0, 0.1) is 6.92 Å². The lowest BCUT2D eigenvalue weighted by atomic mass is 10.2. The summed E-state index contributed by atoms with van der Waals surface area (Å²) in [6, 6.07) is 7.94. The van der Waals surface area contributed by atoms with Crippen LogP contribution in [0.3, 0.4) is 0 Å². The molecule has 0 saturated carbocycles. The van der Waals surface area contributed by atoms with Gasteiger partial charge in [-0.3, -0.25) is 4.79 Å². The van der Waals surface area contributed by atoms with E-state index in [1.807, 2.05) is 31.2 Å². The van der Waals surface area contributed by atoms with Gasteiger partial charge in [0, 0.05) is 0 Å². The van der Waals surface area contributed by atoms with Crippen molar-refractivity contribution in [3.05, 3.63) is 29.8 Å². The summed E-state index contributed by atoms with van der Waals surface area (Å²) in [5.74, 6) is 1.18. The summed E-state index contributed by atoms with van der Waals surface area (Å²) in [5, 5.41) is 0. The van der Waals surface area contributed by atoms with Crippen LogP contribution in [0.5, 0.6) is 5.75 Å². The maximum absolute atomic E-state index is 8.57. The Hall–Kier alpha value is -1.02. The number of para-hydroxylation sites is 1. The van der Waals surface area contributed by atoms with Gasteiger partial charge in [0.2, 0.25) is 5.75 Å². The lowest BCUT2D eigenvalue weighted by Gasteiger charge is -2.00. The first kappa shape index (κ1) is 11.0. The first-order valence-corrected chi connectivity index (χ1v) is 3.83. The number of halogens is 1. The normalized spacial score (nSPS) is 7.92. The van der Waals surface area contributed by atoms with E-state index in [2.05, 4.69) is 11.6 Å². The number of ether oxygens (including phenoxy) is 1. The Kier molecular flexibility index (Phi) is 6.11. The molecule has 0 N–H and O–H groups in total. The molecule has 12 heavy (non-hydrogen) atoms. The van der Waals surface area contributed by atoms with E-state index in [1.54, 1.807) is 7.11 Å². The van der Waals surface area contributed by atoms with Gasteiger partial charge in [-0.05, 0) is 30.2 Å². The maximum Gasteiger partial charge on any atom is 0.208 e. The number of hydrogen-bond donors (Lipinski definition) is 0. The number of methoxy groups -OCH3 is 1. The molecule has 0 spiro atoms. The van der Waals surface area contributed by atoms with Crippen LogP contribution < -0.4 is 4.74 Å². The van der Waals surface area contributed by atoms with E-state index in [1.165, 1.54) is 5.56 Å². The number of carbonyl (C=O) groups is 1. The van der Waals surface area contributed by atoms with Crippen LogP contribution in [0.25, 0.3) is 0 Å². The molecule has 0 aliphatic rings. The molecule has 0 atom stereocenters. The molecule has 0 amide bonds. The van der Waals surface area contributed by atoms with Crippen molar-refractivity contribution in [3.8, 4) is 5.75 Å². The Bertz CT molecular complexity index is 236. The van der Waals surface area contributed by atoms with Crippen LogP contribution in [-0.2, 0) is 4.79 Å². The highest BCUT2D eigenvalue weighted by atomic mass is 35.5. The molecule has 0 fully saturated rings. The first-order chi connectivity index (χ1) is 5.76. The van der Waals surface area contributed by atoms with Crippen molar-refractivity contribution in [2.45, 2.75) is 6.92 Å². The minimum absolute atomic E-state index is 0.222. The molecule has 0 heterocycles. The minimum Gasteiger partial charge on any atom is -0.496 e. The molecule has 0 aromatic heterocycles. The van der Waals surface area contributed by atoms with Gasteiger partial charge in [-0.2, -0.15) is 0 Å². The number of aryl methyl sites for hydroxylation is 1. The van der Waals surface area contributed by atoms with Gasteiger partial charge in [0.25, 0.3) is 0 Å². The zero-order valence-electron chi connectivity index (χ0n) is 7.08. The second-order valence-corrected chi connectivity index (χ2v) is 2.24. The van der Waals surface area contributed by atoms with Crippen molar-refractivity contribution in [2.75, 3.05) is 7.11 Å². The molecule has 1 aromatic rings. The van der Waals surface area contributed by atoms with E-state index < -0.39 is 0 Å². The Balaban J connectivity index is 0.000000354. The molecule has 1 rings (SSSR count). The van der Waals surface area contributed by atoms with Crippen molar-refractivity contribution >= 4 is 17.3 Å². The van der Waals surface area contributed by atoms with E-state index in [9.17, 15) is 0 Å². The summed E-state index contributed by atoms with van der Waals surface area (Å²) in [7, 11) is 1.68. The van der Waals surface area contributed by atoms with Crippen LogP contribution in [0.1, 0.15) is 5.56 Å². The highest BCUT2D eigenvalue weighted by Crippen LogP contribution is 2.14. The molecule has 1 aromatic carbocycles. The summed E-state index contributed by atoms with van der Waals surface area (Å²) in [5.41, 5.74) is 1.18. The molecule has 3 heteroatoms. The molecule has 0 aliphatic carbocycles. The molecule has 0 unspecified atom stereocenters. The van der Waals surface area contributed by atoms with Crippen molar-refractivity contribution in [1.29, 1.82) is 0 Å². The maximum atomic E-state index is 8.57. The van der Waals surface area contributed by atoms with Crippen LogP contribution in [0.15, 0.2) is 24.3 Å². The predicted molar refractivity (Wildman–Crippen MR) is 50.3 cm³/mol. The number of rotatable bonds is 1. The number of benzene rings is 1. The standard InChI is InChI=1S/C8H10O.CHClO/c1-7-5-3-4-6-8(7)9-2;2-1-3/h3-6H,1-2H3;1H. The summed E-state index contributed by atoms with van der Waals surface area (Å²) in [4.78, 5) is 8.57. The van der Waals surface area contributed by atoms with Gasteiger partial charge in [0.05, 0.1) is 7.11 Å². The van der Waals surface area contributed by atoms with E-state index in [4.69, 9.17) is 9.53 Å². The topological polar surface area (TPSA) is 26.3 Å². The SMILES string of the molecule is COc1ccccc1C.O=CCl. The van der Waals surface area contributed by atoms with Gasteiger partial charge in [0.1, 0.15) is 5.75 Å². The summed E-state index contributed by atoms with van der Waals surface area (Å²) >= 11 is 4.32. The van der Waals surface area contributed by atoms with Gasteiger partial charge in [-0.1, -0.05) is 18.2 Å². The fourth-order valence-corrected chi connectivity index (χ4v) is 0.785. The van der Waals surface area contributed by atoms with Gasteiger partial charge >= 0.3 is 0 Å². The Labute approximate surface area is 77.1 Å². The molecule has 0 bridgehead atoms. The number of carbonyl (C=O) groups excluding carboxylic acids is 1.